The van der Waals surface area contributed by atoms with E-state index in [1.54, 1.807) is 0 Å². The van der Waals surface area contributed by atoms with Crippen LogP contribution in [0.2, 0.25) is 0 Å². The highest BCUT2D eigenvalue weighted by Gasteiger charge is 2.43. The summed E-state index contributed by atoms with van der Waals surface area (Å²) in [5, 5.41) is 0. The summed E-state index contributed by atoms with van der Waals surface area (Å²) in [5.41, 5.74) is 0. The summed E-state index contributed by atoms with van der Waals surface area (Å²) in [6, 6.07) is 0. The van der Waals surface area contributed by atoms with Gasteiger partial charge in [-0.05, 0) is 12.8 Å². The Morgan fingerprint density at radius 1 is 1.36 bits per heavy atom. The molecule has 82 valence electrons. The summed E-state index contributed by atoms with van der Waals surface area (Å²) < 4.78 is 41.0. The second-order valence-electron chi connectivity index (χ2n) is 3.23. The van der Waals surface area contributed by atoms with Gasteiger partial charge in [-0.1, -0.05) is 0 Å². The fourth-order valence-electron chi connectivity index (χ4n) is 1.47. The maximum atomic E-state index is 12.0. The first-order valence-corrected chi connectivity index (χ1v) is 4.34. The van der Waals surface area contributed by atoms with Crippen molar-refractivity contribution < 1.29 is 22.7 Å². The van der Waals surface area contributed by atoms with Crippen LogP contribution in [0.5, 0.6) is 0 Å². The van der Waals surface area contributed by atoms with E-state index in [2.05, 4.69) is 0 Å². The number of carbonyl (C=O) groups excluding carboxylic acids is 1. The maximum Gasteiger partial charge on any atom is 0.471 e. The highest BCUT2D eigenvalue weighted by Crippen LogP contribution is 2.22. The predicted octanol–water partition coefficient (Wildman–Crippen LogP) is 1.19. The van der Waals surface area contributed by atoms with Gasteiger partial charge in [-0.3, -0.25) is 4.79 Å². The lowest BCUT2D eigenvalue weighted by Crippen LogP contribution is -2.46. The van der Waals surface area contributed by atoms with Gasteiger partial charge in [0.05, 0.1) is 6.10 Å². The van der Waals surface area contributed by atoms with Crippen LogP contribution in [0.15, 0.2) is 0 Å². The SMILES string of the molecule is COC1CCN(C(=O)C(F)(F)F)CC1. The number of carbonyl (C=O) groups is 1. The van der Waals surface area contributed by atoms with Gasteiger partial charge < -0.3 is 9.64 Å². The lowest BCUT2D eigenvalue weighted by molar-refractivity contribution is -0.187. The van der Waals surface area contributed by atoms with E-state index >= 15 is 0 Å². The van der Waals surface area contributed by atoms with E-state index in [9.17, 15) is 18.0 Å². The van der Waals surface area contributed by atoms with Crippen LogP contribution < -0.4 is 0 Å². The Labute approximate surface area is 79.8 Å². The molecule has 0 aliphatic carbocycles. The molecular weight excluding hydrogens is 199 g/mol. The minimum Gasteiger partial charge on any atom is -0.381 e. The number of piperidine rings is 1. The minimum atomic E-state index is -4.75. The van der Waals surface area contributed by atoms with Crippen molar-refractivity contribution in [3.8, 4) is 0 Å². The summed E-state index contributed by atoms with van der Waals surface area (Å²) in [7, 11) is 1.52. The Morgan fingerprint density at radius 3 is 2.21 bits per heavy atom. The van der Waals surface area contributed by atoms with Gasteiger partial charge in [0, 0.05) is 20.2 Å². The van der Waals surface area contributed by atoms with E-state index in [0.29, 0.717) is 12.8 Å². The molecular formula is C8H12F3NO2. The highest BCUT2D eigenvalue weighted by molar-refractivity contribution is 5.81. The topological polar surface area (TPSA) is 29.5 Å². The lowest BCUT2D eigenvalue weighted by atomic mass is 10.1. The van der Waals surface area contributed by atoms with Crippen molar-refractivity contribution in [3.05, 3.63) is 0 Å². The molecule has 14 heavy (non-hydrogen) atoms. The van der Waals surface area contributed by atoms with E-state index in [0.717, 1.165) is 4.90 Å². The first-order chi connectivity index (χ1) is 6.45. The highest BCUT2D eigenvalue weighted by atomic mass is 19.4. The van der Waals surface area contributed by atoms with Gasteiger partial charge >= 0.3 is 12.1 Å². The maximum absolute atomic E-state index is 12.0. The van der Waals surface area contributed by atoms with Gasteiger partial charge in [0.1, 0.15) is 0 Å². The van der Waals surface area contributed by atoms with Gasteiger partial charge in [-0.2, -0.15) is 13.2 Å². The van der Waals surface area contributed by atoms with Crippen molar-refractivity contribution in [1.82, 2.24) is 4.90 Å². The number of rotatable bonds is 1. The van der Waals surface area contributed by atoms with Crippen molar-refractivity contribution in [2.45, 2.75) is 25.1 Å². The van der Waals surface area contributed by atoms with Crippen LogP contribution in [0.4, 0.5) is 13.2 Å². The molecule has 0 aromatic carbocycles. The number of halogens is 3. The number of hydrogen-bond donors (Lipinski definition) is 0. The van der Waals surface area contributed by atoms with Crippen LogP contribution in [0.1, 0.15) is 12.8 Å². The Kier molecular flexibility index (Phi) is 3.36. The average molecular weight is 211 g/mol. The largest absolute Gasteiger partial charge is 0.471 e. The molecule has 0 saturated carbocycles. The minimum absolute atomic E-state index is 0.0210. The predicted molar refractivity (Wildman–Crippen MR) is 42.7 cm³/mol. The summed E-state index contributed by atoms with van der Waals surface area (Å²) in [6.07, 6.45) is -3.83. The zero-order valence-electron chi connectivity index (χ0n) is 7.80. The number of hydrogen-bond acceptors (Lipinski definition) is 2. The second-order valence-corrected chi connectivity index (χ2v) is 3.23. The van der Waals surface area contributed by atoms with Gasteiger partial charge in [-0.15, -0.1) is 0 Å². The number of alkyl halides is 3. The molecule has 0 N–H and O–H groups in total. The molecule has 1 rings (SSSR count). The van der Waals surface area contributed by atoms with Crippen molar-refractivity contribution >= 4 is 5.91 Å². The molecule has 0 unspecified atom stereocenters. The third-order valence-corrected chi connectivity index (χ3v) is 2.31. The third kappa shape index (κ3) is 2.60. The van der Waals surface area contributed by atoms with E-state index < -0.39 is 12.1 Å². The molecule has 1 aliphatic rings. The first-order valence-electron chi connectivity index (χ1n) is 4.34. The Balaban J connectivity index is 2.46. The van der Waals surface area contributed by atoms with Crippen LogP contribution in [-0.4, -0.2) is 43.3 Å². The molecule has 0 aromatic rings. The van der Waals surface area contributed by atoms with E-state index in [1.807, 2.05) is 0 Å². The number of likely N-dealkylation sites (tertiary alicyclic amines) is 1. The monoisotopic (exact) mass is 211 g/mol. The van der Waals surface area contributed by atoms with Crippen molar-refractivity contribution in [3.63, 3.8) is 0 Å². The quantitative estimate of drug-likeness (QED) is 0.652. The fourth-order valence-corrected chi connectivity index (χ4v) is 1.47. The Morgan fingerprint density at radius 2 is 1.86 bits per heavy atom. The van der Waals surface area contributed by atoms with Crippen molar-refractivity contribution in [2.75, 3.05) is 20.2 Å². The second kappa shape index (κ2) is 4.16. The Hall–Kier alpha value is -0.780. The van der Waals surface area contributed by atoms with Gasteiger partial charge in [-0.25, -0.2) is 0 Å². The molecule has 3 nitrogen and oxygen atoms in total. The fraction of sp³-hybridized carbons (Fsp3) is 0.875. The molecule has 1 heterocycles. The standard InChI is InChI=1S/C8H12F3NO2/c1-14-6-2-4-12(5-3-6)7(13)8(9,10)11/h6H,2-5H2,1H3. The average Bonchev–Trinajstić information content (AvgIpc) is 2.15. The zero-order valence-corrected chi connectivity index (χ0v) is 7.80. The number of methoxy groups -OCH3 is 1. The van der Waals surface area contributed by atoms with E-state index in [1.165, 1.54) is 7.11 Å². The molecule has 0 radical (unpaired) electrons. The first kappa shape index (κ1) is 11.3. The molecule has 0 atom stereocenters. The summed E-state index contributed by atoms with van der Waals surface area (Å²) in [6.45, 7) is 0.244. The van der Waals surface area contributed by atoms with Crippen LogP contribution >= 0.6 is 0 Å². The van der Waals surface area contributed by atoms with Crippen LogP contribution in [0, 0.1) is 0 Å². The zero-order chi connectivity index (χ0) is 10.8. The Bertz CT molecular complexity index is 209. The molecule has 1 saturated heterocycles. The van der Waals surface area contributed by atoms with Crippen LogP contribution in [0.3, 0.4) is 0 Å². The lowest BCUT2D eigenvalue weighted by Gasteiger charge is -2.31. The van der Waals surface area contributed by atoms with Gasteiger partial charge in [0.2, 0.25) is 0 Å². The third-order valence-electron chi connectivity index (χ3n) is 2.31. The number of nitrogens with zero attached hydrogens (tertiary/aromatic N) is 1. The summed E-state index contributed by atoms with van der Waals surface area (Å²) in [4.78, 5) is 11.6. The molecule has 6 heteroatoms. The molecule has 0 spiro atoms. The number of ether oxygens (including phenoxy) is 1. The summed E-state index contributed by atoms with van der Waals surface area (Å²) >= 11 is 0. The van der Waals surface area contributed by atoms with Crippen LogP contribution in [0.25, 0.3) is 0 Å². The molecule has 0 bridgehead atoms. The molecule has 0 aromatic heterocycles. The molecule has 1 fully saturated rings. The normalized spacial score (nSPS) is 19.9. The number of amides is 1. The van der Waals surface area contributed by atoms with Crippen LogP contribution in [-0.2, 0) is 9.53 Å². The van der Waals surface area contributed by atoms with Crippen molar-refractivity contribution in [2.24, 2.45) is 0 Å². The van der Waals surface area contributed by atoms with E-state index in [-0.39, 0.29) is 19.2 Å². The summed E-state index contributed by atoms with van der Waals surface area (Å²) in [5.74, 6) is -1.74. The molecule has 1 aliphatic heterocycles. The van der Waals surface area contributed by atoms with Gasteiger partial charge in [0.25, 0.3) is 0 Å². The molecule has 1 amide bonds. The van der Waals surface area contributed by atoms with E-state index in [4.69, 9.17) is 4.74 Å². The smallest absolute Gasteiger partial charge is 0.381 e. The van der Waals surface area contributed by atoms with Crippen molar-refractivity contribution in [1.29, 1.82) is 0 Å². The van der Waals surface area contributed by atoms with Gasteiger partial charge in [0.15, 0.2) is 0 Å².